The number of halogens is 1. The lowest BCUT2D eigenvalue weighted by molar-refractivity contribution is 0.0947. The molecule has 3 N–H and O–H groups in total. The molecule has 1 aromatic carbocycles. The van der Waals surface area contributed by atoms with Crippen LogP contribution in [0.2, 0.25) is 0 Å². The highest BCUT2D eigenvalue weighted by Gasteiger charge is 2.34. The Morgan fingerprint density at radius 3 is 2.74 bits per heavy atom. The first-order chi connectivity index (χ1) is 16.6. The lowest BCUT2D eigenvalue weighted by Crippen LogP contribution is -2.25. The molecule has 3 aromatic rings. The zero-order valence-corrected chi connectivity index (χ0v) is 19.3. The molecule has 8 heteroatoms. The lowest BCUT2D eigenvalue weighted by Gasteiger charge is -2.14. The van der Waals surface area contributed by atoms with Crippen LogP contribution in [-0.4, -0.2) is 33.7 Å². The topological polar surface area (TPSA) is 95.7 Å². The number of benzene rings is 1. The molecule has 2 aliphatic rings. The molecular weight excluding hydrogens is 431 g/mol. The van der Waals surface area contributed by atoms with E-state index in [0.29, 0.717) is 34.4 Å². The van der Waals surface area contributed by atoms with E-state index in [0.717, 1.165) is 42.5 Å². The molecule has 0 aliphatic heterocycles. The van der Waals surface area contributed by atoms with Crippen LogP contribution in [0.4, 0.5) is 4.39 Å². The Balaban J connectivity index is 1.43. The molecule has 1 amide bonds. The zero-order valence-electron chi connectivity index (χ0n) is 19.3. The van der Waals surface area contributed by atoms with E-state index in [4.69, 9.17) is 10.4 Å². The van der Waals surface area contributed by atoms with Gasteiger partial charge in [0.05, 0.1) is 5.52 Å². The number of hydrogen-bond donors (Lipinski definition) is 3. The van der Waals surface area contributed by atoms with Gasteiger partial charge in [-0.3, -0.25) is 4.79 Å². The van der Waals surface area contributed by atoms with Crippen molar-refractivity contribution < 1.29 is 9.18 Å². The second kappa shape index (κ2) is 9.37. The number of amides is 1. The highest BCUT2D eigenvalue weighted by molar-refractivity contribution is 6.08. The number of nitrogens with one attached hydrogen (secondary N) is 3. The molecule has 7 nitrogen and oxygen atoms in total. The fourth-order valence-electron chi connectivity index (χ4n) is 4.95. The van der Waals surface area contributed by atoms with E-state index in [1.165, 1.54) is 31.2 Å². The Labute approximate surface area is 198 Å². The second-order valence-corrected chi connectivity index (χ2v) is 9.14. The summed E-state index contributed by atoms with van der Waals surface area (Å²) in [4.78, 5) is 22.6. The highest BCUT2D eigenvalue weighted by atomic mass is 19.1. The molecule has 0 spiro atoms. The van der Waals surface area contributed by atoms with E-state index < -0.39 is 5.82 Å². The molecule has 0 unspecified atom stereocenters. The number of nitrogens with zero attached hydrogens (tertiary/aromatic N) is 3. The third-order valence-electron chi connectivity index (χ3n) is 6.67. The molecule has 2 aromatic heterocycles. The molecule has 2 aliphatic carbocycles. The monoisotopic (exact) mass is 460 g/mol. The predicted molar refractivity (Wildman–Crippen MR) is 130 cm³/mol. The van der Waals surface area contributed by atoms with Crippen LogP contribution in [0.1, 0.15) is 77.9 Å². The zero-order chi connectivity index (χ0) is 23.7. The van der Waals surface area contributed by atoms with E-state index in [-0.39, 0.29) is 12.5 Å². The van der Waals surface area contributed by atoms with Gasteiger partial charge in [0.25, 0.3) is 5.91 Å². The van der Waals surface area contributed by atoms with E-state index >= 15 is 0 Å². The van der Waals surface area contributed by atoms with E-state index in [1.807, 2.05) is 6.07 Å². The Morgan fingerprint density at radius 2 is 2.03 bits per heavy atom. The van der Waals surface area contributed by atoms with Gasteiger partial charge in [-0.15, -0.1) is 0 Å². The molecule has 0 saturated heterocycles. The number of carbonyl (C=O) groups excluding carboxylic acids is 1. The first-order valence-corrected chi connectivity index (χ1v) is 11.9. The Hall–Kier alpha value is -3.55. The minimum Gasteiger partial charge on any atom is -0.393 e. The lowest BCUT2D eigenvalue weighted by atomic mass is 10.0. The van der Waals surface area contributed by atoms with Crippen LogP contribution < -0.4 is 10.6 Å². The number of fused-ring (bicyclic) bond motifs is 1. The van der Waals surface area contributed by atoms with Gasteiger partial charge in [0.2, 0.25) is 0 Å². The average Bonchev–Trinajstić information content (AvgIpc) is 3.37. The van der Waals surface area contributed by atoms with Crippen molar-refractivity contribution in [2.75, 3.05) is 7.05 Å². The van der Waals surface area contributed by atoms with Crippen LogP contribution in [0.3, 0.4) is 0 Å². The summed E-state index contributed by atoms with van der Waals surface area (Å²) < 4.78 is 16.5. The summed E-state index contributed by atoms with van der Waals surface area (Å²) in [6, 6.07) is 6.82. The quantitative estimate of drug-likeness (QED) is 0.425. The summed E-state index contributed by atoms with van der Waals surface area (Å²) in [5, 5.41) is 13.4. The second-order valence-electron chi connectivity index (χ2n) is 9.14. The molecule has 176 valence electrons. The number of rotatable bonds is 8. The maximum Gasteiger partial charge on any atom is 0.272 e. The average molecular weight is 461 g/mol. The number of hydrogen-bond acceptors (Lipinski definition) is 5. The maximum atomic E-state index is 14.3. The SMILES string of the molecule is CN/C=C(\C=N)c1cc(F)cc(CNC(=O)c2nccc3nc(C4CCCC4)n(C4CC4)c23)c1. The molecule has 5 rings (SSSR count). The van der Waals surface area contributed by atoms with Crippen molar-refractivity contribution in [2.24, 2.45) is 0 Å². The van der Waals surface area contributed by atoms with Gasteiger partial charge >= 0.3 is 0 Å². The van der Waals surface area contributed by atoms with Crippen molar-refractivity contribution >= 4 is 28.7 Å². The summed E-state index contributed by atoms with van der Waals surface area (Å²) in [7, 11) is 1.72. The number of pyridine rings is 1. The van der Waals surface area contributed by atoms with Crippen LogP contribution in [0.5, 0.6) is 0 Å². The van der Waals surface area contributed by atoms with Gasteiger partial charge in [-0.25, -0.2) is 14.4 Å². The first kappa shape index (κ1) is 22.3. The van der Waals surface area contributed by atoms with Crippen molar-refractivity contribution in [3.63, 3.8) is 0 Å². The molecular formula is C26H29FN6O. The number of carbonyl (C=O) groups is 1. The number of imidazole rings is 1. The molecule has 2 fully saturated rings. The predicted octanol–water partition coefficient (Wildman–Crippen LogP) is 4.70. The van der Waals surface area contributed by atoms with Gasteiger partial charge in [-0.1, -0.05) is 12.8 Å². The van der Waals surface area contributed by atoms with Gasteiger partial charge in [0, 0.05) is 49.7 Å². The molecule has 2 heterocycles. The third kappa shape index (κ3) is 4.32. The summed E-state index contributed by atoms with van der Waals surface area (Å²) in [5.74, 6) is 0.832. The van der Waals surface area contributed by atoms with E-state index in [2.05, 4.69) is 20.2 Å². The van der Waals surface area contributed by atoms with Crippen LogP contribution in [0.25, 0.3) is 16.6 Å². The standard InChI is InChI=1S/C26H29FN6O/c1-29-15-19(13-28)18-10-16(11-20(27)12-18)14-31-26(34)23-24-22(8-9-30-23)32-25(17-4-2-3-5-17)33(24)21-6-7-21/h8-13,15,17,21,28-29H,2-7,14H2,1H3,(H,31,34)/b19-15+,28-13?. The minimum atomic E-state index is -0.418. The van der Waals surface area contributed by atoms with Crippen LogP contribution >= 0.6 is 0 Å². The van der Waals surface area contributed by atoms with Crippen molar-refractivity contribution in [3.05, 3.63) is 65.1 Å². The Bertz CT molecular complexity index is 1270. The summed E-state index contributed by atoms with van der Waals surface area (Å²) in [5.41, 5.74) is 3.73. The maximum absolute atomic E-state index is 14.3. The summed E-state index contributed by atoms with van der Waals surface area (Å²) in [6.45, 7) is 0.152. The van der Waals surface area contributed by atoms with Gasteiger partial charge in [0.1, 0.15) is 17.2 Å². The molecule has 0 atom stereocenters. The van der Waals surface area contributed by atoms with Crippen molar-refractivity contribution in [2.45, 2.75) is 57.0 Å². The van der Waals surface area contributed by atoms with Crippen LogP contribution in [-0.2, 0) is 6.54 Å². The Morgan fingerprint density at radius 1 is 1.24 bits per heavy atom. The largest absolute Gasteiger partial charge is 0.393 e. The Kier molecular flexibility index (Phi) is 6.13. The summed E-state index contributed by atoms with van der Waals surface area (Å²) in [6.07, 6.45) is 11.4. The number of aromatic nitrogens is 3. The van der Waals surface area contributed by atoms with Gasteiger partial charge in [-0.2, -0.15) is 0 Å². The summed E-state index contributed by atoms with van der Waals surface area (Å²) >= 11 is 0. The molecule has 0 radical (unpaired) electrons. The third-order valence-corrected chi connectivity index (χ3v) is 6.67. The van der Waals surface area contributed by atoms with Gasteiger partial charge in [-0.05, 0) is 61.1 Å². The first-order valence-electron chi connectivity index (χ1n) is 11.9. The van der Waals surface area contributed by atoms with Crippen molar-refractivity contribution in [1.82, 2.24) is 25.2 Å². The van der Waals surface area contributed by atoms with Crippen molar-refractivity contribution in [3.8, 4) is 0 Å². The van der Waals surface area contributed by atoms with Crippen LogP contribution in [0.15, 0.2) is 36.7 Å². The smallest absolute Gasteiger partial charge is 0.272 e. The van der Waals surface area contributed by atoms with Crippen molar-refractivity contribution in [1.29, 1.82) is 5.41 Å². The fraction of sp³-hybridized carbons (Fsp3) is 0.385. The molecule has 0 bridgehead atoms. The minimum absolute atomic E-state index is 0.152. The number of allylic oxidation sites excluding steroid dienone is 1. The van der Waals surface area contributed by atoms with Gasteiger partial charge in [0.15, 0.2) is 5.69 Å². The fourth-order valence-corrected chi connectivity index (χ4v) is 4.95. The van der Waals surface area contributed by atoms with Crippen LogP contribution in [0, 0.1) is 11.2 Å². The molecule has 2 saturated carbocycles. The highest BCUT2D eigenvalue weighted by Crippen LogP contribution is 2.43. The normalized spacial score (nSPS) is 16.7. The van der Waals surface area contributed by atoms with E-state index in [1.54, 1.807) is 25.5 Å². The molecule has 34 heavy (non-hydrogen) atoms. The van der Waals surface area contributed by atoms with Gasteiger partial charge < -0.3 is 20.6 Å². The van der Waals surface area contributed by atoms with E-state index in [9.17, 15) is 9.18 Å².